The summed E-state index contributed by atoms with van der Waals surface area (Å²) >= 11 is 0. The van der Waals surface area contributed by atoms with Crippen molar-refractivity contribution < 1.29 is 13.2 Å². The Balaban J connectivity index is 2.11. The molecule has 0 radical (unpaired) electrons. The second kappa shape index (κ2) is 9.73. The minimum atomic E-state index is -3.61. The molecule has 0 saturated heterocycles. The van der Waals surface area contributed by atoms with E-state index in [1.54, 1.807) is 12.1 Å². The second-order valence-corrected chi connectivity index (χ2v) is 9.11. The van der Waals surface area contributed by atoms with E-state index in [0.29, 0.717) is 12.1 Å². The fourth-order valence-electron chi connectivity index (χ4n) is 3.19. The van der Waals surface area contributed by atoms with Gasteiger partial charge in [-0.1, -0.05) is 55.0 Å². The first kappa shape index (κ1) is 22.0. The van der Waals surface area contributed by atoms with Gasteiger partial charge in [0.15, 0.2) is 0 Å². The van der Waals surface area contributed by atoms with E-state index in [1.807, 2.05) is 51.1 Å². The number of carbonyl (C=O) groups excluding carboxylic acids is 1. The van der Waals surface area contributed by atoms with Crippen molar-refractivity contribution >= 4 is 21.6 Å². The van der Waals surface area contributed by atoms with Gasteiger partial charge in [0, 0.05) is 6.04 Å². The summed E-state index contributed by atoms with van der Waals surface area (Å²) < 4.78 is 26.2. The first-order valence-corrected chi connectivity index (χ1v) is 11.5. The number of hydrogen-bond acceptors (Lipinski definition) is 3. The van der Waals surface area contributed by atoms with Crippen LogP contribution in [0, 0.1) is 6.92 Å². The zero-order chi connectivity index (χ0) is 20.7. The van der Waals surface area contributed by atoms with Gasteiger partial charge in [0.1, 0.15) is 6.04 Å². The number of aryl methyl sites for hydroxylation is 2. The maximum Gasteiger partial charge on any atom is 0.244 e. The Morgan fingerprint density at radius 3 is 2.21 bits per heavy atom. The molecule has 2 aromatic rings. The molecule has 0 aromatic heterocycles. The van der Waals surface area contributed by atoms with Crippen LogP contribution < -0.4 is 9.62 Å². The standard InChI is InChI=1S/C22H30N2O3S/c1-5-21(24(28(4,26)27)20-15-11-17(2)12-16-20)22(25)23-18(3)13-14-19-9-7-6-8-10-19/h6-12,15-16,18,21H,5,13-14H2,1-4H3,(H,23,25). The van der Waals surface area contributed by atoms with Gasteiger partial charge in [-0.2, -0.15) is 0 Å². The highest BCUT2D eigenvalue weighted by Crippen LogP contribution is 2.23. The lowest BCUT2D eigenvalue weighted by Gasteiger charge is -2.31. The molecule has 28 heavy (non-hydrogen) atoms. The van der Waals surface area contributed by atoms with Gasteiger partial charge < -0.3 is 5.32 Å². The van der Waals surface area contributed by atoms with E-state index in [-0.39, 0.29) is 11.9 Å². The van der Waals surface area contributed by atoms with Crippen molar-refractivity contribution in [1.82, 2.24) is 5.32 Å². The summed E-state index contributed by atoms with van der Waals surface area (Å²) in [5.41, 5.74) is 2.75. The van der Waals surface area contributed by atoms with Crippen LogP contribution in [0.2, 0.25) is 0 Å². The van der Waals surface area contributed by atoms with Crippen molar-refractivity contribution in [3.63, 3.8) is 0 Å². The first-order chi connectivity index (χ1) is 13.2. The number of nitrogens with zero attached hydrogens (tertiary/aromatic N) is 1. The Labute approximate surface area is 168 Å². The molecule has 0 heterocycles. The fraction of sp³-hybridized carbons (Fsp3) is 0.409. The van der Waals surface area contributed by atoms with Crippen LogP contribution in [0.3, 0.4) is 0 Å². The summed E-state index contributed by atoms with van der Waals surface area (Å²) in [7, 11) is -3.61. The van der Waals surface area contributed by atoms with Gasteiger partial charge >= 0.3 is 0 Å². The summed E-state index contributed by atoms with van der Waals surface area (Å²) in [5.74, 6) is -0.269. The first-order valence-electron chi connectivity index (χ1n) is 9.62. The van der Waals surface area contributed by atoms with E-state index in [0.717, 1.165) is 24.7 Å². The average Bonchev–Trinajstić information content (AvgIpc) is 2.65. The summed E-state index contributed by atoms with van der Waals surface area (Å²) in [6.45, 7) is 5.71. The minimum Gasteiger partial charge on any atom is -0.352 e. The molecule has 5 nitrogen and oxygen atoms in total. The summed E-state index contributed by atoms with van der Waals surface area (Å²) in [6.07, 6.45) is 3.17. The predicted octanol–water partition coefficient (Wildman–Crippen LogP) is 3.68. The zero-order valence-electron chi connectivity index (χ0n) is 17.1. The highest BCUT2D eigenvalue weighted by molar-refractivity contribution is 7.92. The van der Waals surface area contributed by atoms with E-state index in [2.05, 4.69) is 17.4 Å². The van der Waals surface area contributed by atoms with Gasteiger partial charge in [-0.05, 0) is 50.8 Å². The van der Waals surface area contributed by atoms with E-state index in [9.17, 15) is 13.2 Å². The molecule has 0 bridgehead atoms. The number of amides is 1. The molecule has 0 aliphatic carbocycles. The molecular weight excluding hydrogens is 372 g/mol. The Bertz CT molecular complexity index is 864. The number of hydrogen-bond donors (Lipinski definition) is 1. The van der Waals surface area contributed by atoms with Gasteiger partial charge in [-0.15, -0.1) is 0 Å². The van der Waals surface area contributed by atoms with Crippen LogP contribution in [0.4, 0.5) is 5.69 Å². The van der Waals surface area contributed by atoms with Crippen LogP contribution in [-0.4, -0.2) is 32.7 Å². The van der Waals surface area contributed by atoms with Crippen LogP contribution in [-0.2, 0) is 21.2 Å². The molecule has 0 fully saturated rings. The van der Waals surface area contributed by atoms with Gasteiger partial charge in [0.25, 0.3) is 0 Å². The third-order valence-corrected chi connectivity index (χ3v) is 5.90. The van der Waals surface area contributed by atoms with Crippen molar-refractivity contribution in [2.75, 3.05) is 10.6 Å². The maximum absolute atomic E-state index is 12.9. The van der Waals surface area contributed by atoms with E-state index < -0.39 is 16.1 Å². The number of anilines is 1. The largest absolute Gasteiger partial charge is 0.352 e. The smallest absolute Gasteiger partial charge is 0.244 e. The summed E-state index contributed by atoms with van der Waals surface area (Å²) in [6, 6.07) is 16.4. The van der Waals surface area contributed by atoms with Crippen molar-refractivity contribution in [2.24, 2.45) is 0 Å². The number of carbonyl (C=O) groups is 1. The van der Waals surface area contributed by atoms with Crippen LogP contribution in [0.5, 0.6) is 0 Å². The lowest BCUT2D eigenvalue weighted by atomic mass is 10.1. The third kappa shape index (κ3) is 6.09. The Kier molecular flexibility index (Phi) is 7.63. The van der Waals surface area contributed by atoms with E-state index in [4.69, 9.17) is 0 Å². The van der Waals surface area contributed by atoms with Gasteiger partial charge in [0.2, 0.25) is 15.9 Å². The van der Waals surface area contributed by atoms with Crippen molar-refractivity contribution in [2.45, 2.75) is 52.1 Å². The lowest BCUT2D eigenvalue weighted by molar-refractivity contribution is -0.122. The Morgan fingerprint density at radius 2 is 1.68 bits per heavy atom. The van der Waals surface area contributed by atoms with Gasteiger partial charge in [0.05, 0.1) is 11.9 Å². The predicted molar refractivity (Wildman–Crippen MR) is 115 cm³/mol. The maximum atomic E-state index is 12.9. The second-order valence-electron chi connectivity index (χ2n) is 7.25. The van der Waals surface area contributed by atoms with Crippen LogP contribution in [0.15, 0.2) is 54.6 Å². The molecule has 1 N–H and O–H groups in total. The Hall–Kier alpha value is -2.34. The lowest BCUT2D eigenvalue weighted by Crippen LogP contribution is -2.51. The molecule has 0 spiro atoms. The number of rotatable bonds is 9. The number of benzene rings is 2. The third-order valence-electron chi connectivity index (χ3n) is 4.72. The molecule has 0 saturated carbocycles. The summed E-state index contributed by atoms with van der Waals surface area (Å²) in [4.78, 5) is 12.9. The normalized spacial score (nSPS) is 13.6. The molecule has 0 aliphatic rings. The fourth-order valence-corrected chi connectivity index (χ4v) is 4.40. The summed E-state index contributed by atoms with van der Waals surface area (Å²) in [5, 5.41) is 2.99. The van der Waals surface area contributed by atoms with Gasteiger partial charge in [-0.3, -0.25) is 9.10 Å². The molecular formula is C22H30N2O3S. The average molecular weight is 403 g/mol. The molecule has 152 valence electrons. The molecule has 0 aliphatic heterocycles. The van der Waals surface area contributed by atoms with Crippen molar-refractivity contribution in [1.29, 1.82) is 0 Å². The zero-order valence-corrected chi connectivity index (χ0v) is 17.9. The topological polar surface area (TPSA) is 66.5 Å². The molecule has 2 unspecified atom stereocenters. The Morgan fingerprint density at radius 1 is 1.07 bits per heavy atom. The monoisotopic (exact) mass is 402 g/mol. The molecule has 2 atom stereocenters. The molecule has 2 rings (SSSR count). The van der Waals surface area contributed by atoms with Crippen molar-refractivity contribution in [3.05, 3.63) is 65.7 Å². The molecule has 2 aromatic carbocycles. The van der Waals surface area contributed by atoms with Gasteiger partial charge in [-0.25, -0.2) is 8.42 Å². The van der Waals surface area contributed by atoms with Crippen LogP contribution in [0.1, 0.15) is 37.8 Å². The molecule has 1 amide bonds. The quantitative estimate of drug-likeness (QED) is 0.696. The minimum absolute atomic E-state index is 0.0545. The SMILES string of the molecule is CCC(C(=O)NC(C)CCc1ccccc1)N(c1ccc(C)cc1)S(C)(=O)=O. The number of sulfonamides is 1. The molecule has 6 heteroatoms. The van der Waals surface area contributed by atoms with E-state index >= 15 is 0 Å². The van der Waals surface area contributed by atoms with Crippen molar-refractivity contribution in [3.8, 4) is 0 Å². The van der Waals surface area contributed by atoms with Crippen LogP contribution in [0.25, 0.3) is 0 Å². The van der Waals surface area contributed by atoms with Crippen LogP contribution >= 0.6 is 0 Å². The highest BCUT2D eigenvalue weighted by Gasteiger charge is 2.31. The van der Waals surface area contributed by atoms with E-state index in [1.165, 1.54) is 9.87 Å². The highest BCUT2D eigenvalue weighted by atomic mass is 32.2. The number of nitrogens with one attached hydrogen (secondary N) is 1.